The summed E-state index contributed by atoms with van der Waals surface area (Å²) in [6, 6.07) is 13.6. The zero-order valence-electron chi connectivity index (χ0n) is 12.4. The lowest BCUT2D eigenvalue weighted by Crippen LogP contribution is -2.17. The number of halogens is 1. The first-order valence-corrected chi connectivity index (χ1v) is 7.32. The van der Waals surface area contributed by atoms with E-state index in [0.717, 1.165) is 11.0 Å². The number of nitrogens with one attached hydrogen (secondary N) is 1. The summed E-state index contributed by atoms with van der Waals surface area (Å²) in [4.78, 5) is 19.8. The number of para-hydroxylation sites is 2. The quantitative estimate of drug-likeness (QED) is 0.432. The van der Waals surface area contributed by atoms with Crippen LogP contribution in [-0.4, -0.2) is 22.4 Å². The molecule has 0 fully saturated rings. The van der Waals surface area contributed by atoms with Gasteiger partial charge in [-0.2, -0.15) is 0 Å². The van der Waals surface area contributed by atoms with Crippen molar-refractivity contribution in [1.29, 1.82) is 0 Å². The summed E-state index contributed by atoms with van der Waals surface area (Å²) < 4.78 is 14.7. The van der Waals surface area contributed by atoms with Crippen LogP contribution >= 0.6 is 0 Å². The number of H-pyrrole nitrogens is 1. The van der Waals surface area contributed by atoms with Gasteiger partial charge in [-0.25, -0.2) is 9.18 Å². The second kappa shape index (κ2) is 6.91. The Balaban J connectivity index is 1.52. The molecule has 0 amide bonds. The van der Waals surface area contributed by atoms with E-state index in [4.69, 9.17) is 4.84 Å². The number of rotatable bonds is 6. The van der Waals surface area contributed by atoms with Crippen molar-refractivity contribution in [2.45, 2.75) is 13.0 Å². The minimum atomic E-state index is -0.312. The van der Waals surface area contributed by atoms with Crippen molar-refractivity contribution in [1.82, 2.24) is 9.55 Å². The van der Waals surface area contributed by atoms with Crippen molar-refractivity contribution in [2.75, 3.05) is 6.61 Å². The van der Waals surface area contributed by atoms with Crippen LogP contribution in [0.5, 0.6) is 0 Å². The van der Waals surface area contributed by atoms with Crippen molar-refractivity contribution in [2.24, 2.45) is 5.16 Å². The highest BCUT2D eigenvalue weighted by atomic mass is 19.1. The average molecular weight is 313 g/mol. The van der Waals surface area contributed by atoms with E-state index >= 15 is 0 Å². The van der Waals surface area contributed by atoms with Crippen molar-refractivity contribution < 1.29 is 9.23 Å². The molecule has 5 nitrogen and oxygen atoms in total. The molecule has 1 aromatic heterocycles. The molecule has 0 unspecified atom stereocenters. The number of hydrogen-bond acceptors (Lipinski definition) is 3. The molecular weight excluding hydrogens is 297 g/mol. The predicted molar refractivity (Wildman–Crippen MR) is 87.1 cm³/mol. The Morgan fingerprint density at radius 3 is 2.96 bits per heavy atom. The minimum absolute atomic E-state index is 0.130. The molecule has 6 heteroatoms. The highest BCUT2D eigenvalue weighted by molar-refractivity contribution is 5.78. The van der Waals surface area contributed by atoms with E-state index in [2.05, 4.69) is 10.1 Å². The summed E-state index contributed by atoms with van der Waals surface area (Å²) in [5.41, 5.74) is 2.20. The molecule has 0 bridgehead atoms. The standard InChI is InChI=1S/C17H16FN3O2/c18-14-6-3-5-13(11-14)12-19-23-10-4-9-21-16-8-2-1-7-15(16)20-17(21)22/h1-3,5-8,11-12H,4,9-10H2,(H,20,22)/b19-12-. The van der Waals surface area contributed by atoms with Gasteiger partial charge in [-0.15, -0.1) is 0 Å². The molecule has 3 rings (SSSR count). The lowest BCUT2D eigenvalue weighted by atomic mass is 10.2. The summed E-state index contributed by atoms with van der Waals surface area (Å²) in [5, 5.41) is 3.80. The van der Waals surface area contributed by atoms with Crippen LogP contribution in [0.1, 0.15) is 12.0 Å². The van der Waals surface area contributed by atoms with Gasteiger partial charge in [0.25, 0.3) is 0 Å². The van der Waals surface area contributed by atoms with Gasteiger partial charge in [0.2, 0.25) is 0 Å². The lowest BCUT2D eigenvalue weighted by Gasteiger charge is -2.02. The molecule has 0 aliphatic carbocycles. The van der Waals surface area contributed by atoms with Gasteiger partial charge in [0.1, 0.15) is 12.4 Å². The normalized spacial score (nSPS) is 11.3. The summed E-state index contributed by atoms with van der Waals surface area (Å²) in [7, 11) is 0. The third-order valence-corrected chi connectivity index (χ3v) is 3.42. The number of aryl methyl sites for hydroxylation is 1. The van der Waals surface area contributed by atoms with Crippen molar-refractivity contribution in [3.63, 3.8) is 0 Å². The zero-order chi connectivity index (χ0) is 16.1. The van der Waals surface area contributed by atoms with Crippen LogP contribution in [0.15, 0.2) is 58.5 Å². The fraction of sp³-hybridized carbons (Fsp3) is 0.176. The van der Waals surface area contributed by atoms with Crippen LogP contribution in [0, 0.1) is 5.82 Å². The van der Waals surface area contributed by atoms with E-state index in [1.807, 2.05) is 24.3 Å². The van der Waals surface area contributed by atoms with Gasteiger partial charge in [0.05, 0.1) is 17.2 Å². The number of aromatic amines is 1. The number of benzene rings is 2. The fourth-order valence-electron chi connectivity index (χ4n) is 2.35. The first-order chi connectivity index (χ1) is 11.2. The Hall–Kier alpha value is -2.89. The molecule has 0 aliphatic heterocycles. The van der Waals surface area contributed by atoms with E-state index in [1.165, 1.54) is 18.3 Å². The first kappa shape index (κ1) is 15.0. The number of imidazole rings is 1. The van der Waals surface area contributed by atoms with Gasteiger partial charge in [0.15, 0.2) is 0 Å². The highest BCUT2D eigenvalue weighted by Crippen LogP contribution is 2.09. The fourth-order valence-corrected chi connectivity index (χ4v) is 2.35. The first-order valence-electron chi connectivity index (χ1n) is 7.32. The largest absolute Gasteiger partial charge is 0.396 e. The molecule has 23 heavy (non-hydrogen) atoms. The molecule has 0 aliphatic rings. The third-order valence-electron chi connectivity index (χ3n) is 3.42. The van der Waals surface area contributed by atoms with E-state index in [-0.39, 0.29) is 11.5 Å². The predicted octanol–water partition coefficient (Wildman–Crippen LogP) is 2.91. The molecule has 0 saturated heterocycles. The maximum Gasteiger partial charge on any atom is 0.326 e. The molecule has 0 spiro atoms. The molecule has 3 aromatic rings. The average Bonchev–Trinajstić information content (AvgIpc) is 2.86. The van der Waals surface area contributed by atoms with Crippen LogP contribution in [0.2, 0.25) is 0 Å². The summed E-state index contributed by atoms with van der Waals surface area (Å²) in [5.74, 6) is -0.312. The van der Waals surface area contributed by atoms with Crippen LogP contribution < -0.4 is 5.69 Å². The lowest BCUT2D eigenvalue weighted by molar-refractivity contribution is 0.140. The molecule has 1 heterocycles. The maximum absolute atomic E-state index is 13.0. The molecule has 0 saturated carbocycles. The Kier molecular flexibility index (Phi) is 4.52. The summed E-state index contributed by atoms with van der Waals surface area (Å²) >= 11 is 0. The van der Waals surface area contributed by atoms with Crippen molar-refractivity contribution in [3.8, 4) is 0 Å². The Labute approximate surface area is 132 Å². The van der Waals surface area contributed by atoms with Gasteiger partial charge in [-0.1, -0.05) is 29.4 Å². The zero-order valence-corrected chi connectivity index (χ0v) is 12.4. The molecule has 0 atom stereocenters. The summed E-state index contributed by atoms with van der Waals surface area (Å²) in [6.45, 7) is 0.913. The SMILES string of the molecule is O=c1[nH]c2ccccc2n1CCCO/N=C\c1cccc(F)c1. The second-order valence-electron chi connectivity index (χ2n) is 5.08. The molecule has 118 valence electrons. The molecule has 2 aromatic carbocycles. The van der Waals surface area contributed by atoms with Gasteiger partial charge in [0, 0.05) is 13.0 Å². The van der Waals surface area contributed by atoms with Crippen LogP contribution in [-0.2, 0) is 11.4 Å². The highest BCUT2D eigenvalue weighted by Gasteiger charge is 2.04. The smallest absolute Gasteiger partial charge is 0.326 e. The number of hydrogen-bond donors (Lipinski definition) is 1. The second-order valence-corrected chi connectivity index (χ2v) is 5.08. The maximum atomic E-state index is 13.0. The van der Waals surface area contributed by atoms with Crippen LogP contribution in [0.25, 0.3) is 11.0 Å². The van der Waals surface area contributed by atoms with Crippen molar-refractivity contribution >= 4 is 17.2 Å². The topological polar surface area (TPSA) is 59.4 Å². The monoisotopic (exact) mass is 313 g/mol. The molecule has 0 radical (unpaired) electrons. The van der Waals surface area contributed by atoms with E-state index < -0.39 is 0 Å². The number of nitrogens with zero attached hydrogens (tertiary/aromatic N) is 2. The van der Waals surface area contributed by atoms with Gasteiger partial charge in [-0.3, -0.25) is 4.57 Å². The molecular formula is C17H16FN3O2. The van der Waals surface area contributed by atoms with Crippen molar-refractivity contribution in [3.05, 3.63) is 70.4 Å². The van der Waals surface area contributed by atoms with Gasteiger partial charge in [-0.05, 0) is 29.8 Å². The van der Waals surface area contributed by atoms with Gasteiger partial charge < -0.3 is 9.82 Å². The summed E-state index contributed by atoms with van der Waals surface area (Å²) in [6.07, 6.45) is 2.10. The number of fused-ring (bicyclic) bond motifs is 1. The van der Waals surface area contributed by atoms with Gasteiger partial charge >= 0.3 is 5.69 Å². The Bertz CT molecular complexity index is 883. The third kappa shape index (κ3) is 3.66. The number of aromatic nitrogens is 2. The number of oxime groups is 1. The Morgan fingerprint density at radius 1 is 1.22 bits per heavy atom. The minimum Gasteiger partial charge on any atom is -0.396 e. The van der Waals surface area contributed by atoms with Crippen LogP contribution in [0.4, 0.5) is 4.39 Å². The van der Waals surface area contributed by atoms with Crippen LogP contribution in [0.3, 0.4) is 0 Å². The van der Waals surface area contributed by atoms with E-state index in [1.54, 1.807) is 16.7 Å². The van der Waals surface area contributed by atoms with E-state index in [0.29, 0.717) is 25.1 Å². The molecule has 1 N–H and O–H groups in total. The van der Waals surface area contributed by atoms with E-state index in [9.17, 15) is 9.18 Å². The Morgan fingerprint density at radius 2 is 2.09 bits per heavy atom.